The largest absolute Gasteiger partial charge is 0.493 e. The molecule has 33 heavy (non-hydrogen) atoms. The number of para-hydroxylation sites is 2. The second kappa shape index (κ2) is 11.0. The fraction of sp³-hybridized carbons (Fsp3) is 0.304. The van der Waals surface area contributed by atoms with E-state index >= 15 is 0 Å². The minimum Gasteiger partial charge on any atom is -0.493 e. The molecule has 1 fully saturated rings. The van der Waals surface area contributed by atoms with Gasteiger partial charge in [0.05, 0.1) is 19.1 Å². The molecule has 0 atom stereocenters. The molecule has 3 rings (SSSR count). The van der Waals surface area contributed by atoms with E-state index in [4.69, 9.17) is 9.47 Å². The van der Waals surface area contributed by atoms with E-state index in [1.165, 1.54) is 26.4 Å². The van der Waals surface area contributed by atoms with E-state index in [2.05, 4.69) is 4.74 Å². The molecular weight excluding hydrogens is 430 g/mol. The molecule has 174 valence electrons. The van der Waals surface area contributed by atoms with Crippen LogP contribution in [0.15, 0.2) is 48.5 Å². The number of methoxy groups -OCH3 is 2. The highest BCUT2D eigenvalue weighted by atomic mass is 16.6. The van der Waals surface area contributed by atoms with Crippen molar-refractivity contribution in [3.05, 3.63) is 64.2 Å². The predicted molar refractivity (Wildman–Crippen MR) is 121 cm³/mol. The monoisotopic (exact) mass is 455 g/mol. The van der Waals surface area contributed by atoms with Gasteiger partial charge in [0.25, 0.3) is 11.6 Å². The first-order valence-electron chi connectivity index (χ1n) is 10.3. The summed E-state index contributed by atoms with van der Waals surface area (Å²) in [7, 11) is 2.78. The van der Waals surface area contributed by atoms with Gasteiger partial charge in [0, 0.05) is 38.3 Å². The molecule has 0 N–H and O–H groups in total. The number of carbonyl (C=O) groups excluding carboxylic acids is 2. The molecule has 0 spiro atoms. The number of ether oxygens (including phenoxy) is 3. The predicted octanol–water partition coefficient (Wildman–Crippen LogP) is 2.52. The third-order valence-corrected chi connectivity index (χ3v) is 5.20. The minimum atomic E-state index is -0.471. The third-order valence-electron chi connectivity index (χ3n) is 5.20. The van der Waals surface area contributed by atoms with Crippen LogP contribution in [0.25, 0.3) is 6.08 Å². The first-order valence-corrected chi connectivity index (χ1v) is 10.3. The van der Waals surface area contributed by atoms with Gasteiger partial charge in [0.15, 0.2) is 18.1 Å². The lowest BCUT2D eigenvalue weighted by molar-refractivity contribution is -0.384. The Morgan fingerprint density at radius 1 is 1.06 bits per heavy atom. The highest BCUT2D eigenvalue weighted by molar-refractivity contribution is 5.87. The zero-order valence-corrected chi connectivity index (χ0v) is 18.4. The fourth-order valence-electron chi connectivity index (χ4n) is 3.45. The van der Waals surface area contributed by atoms with Crippen LogP contribution in [0, 0.1) is 10.1 Å². The molecule has 0 bridgehead atoms. The molecule has 2 aromatic carbocycles. The number of anilines is 1. The quantitative estimate of drug-likeness (QED) is 0.258. The SMILES string of the molecule is COC(=O)/C=C/c1ccc(OCC(=O)N2CCN(c3ccccc3[N+](=O)[O-])CC2)c(OC)c1. The van der Waals surface area contributed by atoms with Crippen LogP contribution in [0.3, 0.4) is 0 Å². The summed E-state index contributed by atoms with van der Waals surface area (Å²) >= 11 is 0. The maximum Gasteiger partial charge on any atom is 0.330 e. The lowest BCUT2D eigenvalue weighted by Crippen LogP contribution is -2.50. The summed E-state index contributed by atoms with van der Waals surface area (Å²) in [6.45, 7) is 1.67. The number of nitrogens with zero attached hydrogens (tertiary/aromatic N) is 3. The molecule has 1 aliphatic rings. The second-order valence-corrected chi connectivity index (χ2v) is 7.17. The average molecular weight is 455 g/mol. The highest BCUT2D eigenvalue weighted by Gasteiger charge is 2.25. The maximum absolute atomic E-state index is 12.6. The molecule has 1 saturated heterocycles. The summed E-state index contributed by atoms with van der Waals surface area (Å²) in [5.74, 6) is 0.173. The van der Waals surface area contributed by atoms with E-state index < -0.39 is 10.9 Å². The van der Waals surface area contributed by atoms with Crippen molar-refractivity contribution in [2.75, 3.05) is 51.9 Å². The van der Waals surface area contributed by atoms with Crippen molar-refractivity contribution in [3.63, 3.8) is 0 Å². The topological polar surface area (TPSA) is 111 Å². The summed E-state index contributed by atoms with van der Waals surface area (Å²) < 4.78 is 15.6. The number of hydrogen-bond donors (Lipinski definition) is 0. The number of carbonyl (C=O) groups is 2. The summed E-state index contributed by atoms with van der Waals surface area (Å²) in [6, 6.07) is 11.7. The Kier molecular flexibility index (Phi) is 7.85. The van der Waals surface area contributed by atoms with E-state index in [9.17, 15) is 19.7 Å². The second-order valence-electron chi connectivity index (χ2n) is 7.17. The van der Waals surface area contributed by atoms with Crippen molar-refractivity contribution in [1.29, 1.82) is 0 Å². The van der Waals surface area contributed by atoms with Crippen LogP contribution in [-0.4, -0.2) is 68.7 Å². The number of rotatable bonds is 8. The normalized spacial score (nSPS) is 13.6. The number of benzene rings is 2. The molecule has 0 radical (unpaired) electrons. The molecular formula is C23H25N3O7. The Morgan fingerprint density at radius 2 is 1.79 bits per heavy atom. The number of piperazine rings is 1. The minimum absolute atomic E-state index is 0.0533. The van der Waals surface area contributed by atoms with Crippen LogP contribution in [0.4, 0.5) is 11.4 Å². The van der Waals surface area contributed by atoms with E-state index in [-0.39, 0.29) is 18.2 Å². The summed E-state index contributed by atoms with van der Waals surface area (Å²) in [5.41, 5.74) is 1.32. The average Bonchev–Trinajstić information content (AvgIpc) is 2.85. The Bertz CT molecular complexity index is 1050. The number of nitro groups is 1. The van der Waals surface area contributed by atoms with Gasteiger partial charge in [0.1, 0.15) is 5.69 Å². The van der Waals surface area contributed by atoms with Crippen LogP contribution < -0.4 is 14.4 Å². The number of esters is 1. The summed E-state index contributed by atoms with van der Waals surface area (Å²) in [5, 5.41) is 11.3. The molecule has 10 heteroatoms. The fourth-order valence-corrected chi connectivity index (χ4v) is 3.45. The molecule has 0 aromatic heterocycles. The van der Waals surface area contributed by atoms with Crippen LogP contribution in [0.1, 0.15) is 5.56 Å². The standard InChI is InChI=1S/C23H25N3O7/c1-31-21-15-17(8-10-23(28)32-2)7-9-20(21)33-16-22(27)25-13-11-24(12-14-25)18-5-3-4-6-19(18)26(29)30/h3-10,15H,11-14,16H2,1-2H3/b10-8+. The van der Waals surface area contributed by atoms with Crippen molar-refractivity contribution in [1.82, 2.24) is 4.90 Å². The Labute approximate surface area is 191 Å². The molecule has 0 unspecified atom stereocenters. The number of hydrogen-bond acceptors (Lipinski definition) is 8. The van der Waals surface area contributed by atoms with Crippen molar-refractivity contribution in [2.45, 2.75) is 0 Å². The first kappa shape index (κ1) is 23.6. The van der Waals surface area contributed by atoms with Gasteiger partial charge in [-0.1, -0.05) is 18.2 Å². The van der Waals surface area contributed by atoms with E-state index in [0.29, 0.717) is 48.9 Å². The Balaban J connectivity index is 1.56. The van der Waals surface area contributed by atoms with Gasteiger partial charge in [0.2, 0.25) is 0 Å². The lowest BCUT2D eigenvalue weighted by atomic mass is 10.2. The first-order chi connectivity index (χ1) is 15.9. The molecule has 0 aliphatic carbocycles. The zero-order chi connectivity index (χ0) is 23.8. The molecule has 10 nitrogen and oxygen atoms in total. The van der Waals surface area contributed by atoms with Gasteiger partial charge in [-0.2, -0.15) is 0 Å². The molecule has 1 amide bonds. The van der Waals surface area contributed by atoms with E-state index in [0.717, 1.165) is 0 Å². The van der Waals surface area contributed by atoms with Crippen molar-refractivity contribution in [3.8, 4) is 11.5 Å². The van der Waals surface area contributed by atoms with Gasteiger partial charge < -0.3 is 24.0 Å². The Hall–Kier alpha value is -4.08. The van der Waals surface area contributed by atoms with E-state index in [1.807, 2.05) is 4.90 Å². The smallest absolute Gasteiger partial charge is 0.330 e. The number of amides is 1. The van der Waals surface area contributed by atoms with Gasteiger partial charge in [-0.3, -0.25) is 14.9 Å². The van der Waals surface area contributed by atoms with Crippen LogP contribution in [0.5, 0.6) is 11.5 Å². The molecule has 2 aromatic rings. The highest BCUT2D eigenvalue weighted by Crippen LogP contribution is 2.30. The van der Waals surface area contributed by atoms with Gasteiger partial charge in [-0.05, 0) is 29.8 Å². The maximum atomic E-state index is 12.6. The van der Waals surface area contributed by atoms with Gasteiger partial charge in [-0.15, -0.1) is 0 Å². The van der Waals surface area contributed by atoms with Crippen LogP contribution in [0.2, 0.25) is 0 Å². The lowest BCUT2D eigenvalue weighted by Gasteiger charge is -2.35. The van der Waals surface area contributed by atoms with Crippen LogP contribution >= 0.6 is 0 Å². The van der Waals surface area contributed by atoms with Gasteiger partial charge >= 0.3 is 5.97 Å². The zero-order valence-electron chi connectivity index (χ0n) is 18.4. The summed E-state index contributed by atoms with van der Waals surface area (Å²) in [4.78, 5) is 38.3. The van der Waals surface area contributed by atoms with Crippen molar-refractivity contribution < 1.29 is 28.7 Å². The summed E-state index contributed by atoms with van der Waals surface area (Å²) in [6.07, 6.45) is 2.88. The van der Waals surface area contributed by atoms with E-state index in [1.54, 1.807) is 47.4 Å². The van der Waals surface area contributed by atoms with Crippen LogP contribution in [-0.2, 0) is 14.3 Å². The molecule has 1 aliphatic heterocycles. The van der Waals surface area contributed by atoms with Crippen molar-refractivity contribution in [2.24, 2.45) is 0 Å². The van der Waals surface area contributed by atoms with Crippen molar-refractivity contribution >= 4 is 29.3 Å². The van der Waals surface area contributed by atoms with Gasteiger partial charge in [-0.25, -0.2) is 4.79 Å². The number of nitro benzene ring substituents is 1. The molecule has 1 heterocycles. The third kappa shape index (κ3) is 6.00. The molecule has 0 saturated carbocycles. The Morgan fingerprint density at radius 3 is 2.45 bits per heavy atom.